The number of pyridine rings is 1. The quantitative estimate of drug-likeness (QED) is 0.0843. The first-order chi connectivity index (χ1) is 29.9. The van der Waals surface area contributed by atoms with E-state index in [4.69, 9.17) is 11.6 Å². The van der Waals surface area contributed by atoms with Crippen LogP contribution in [0, 0.1) is 29.4 Å². The van der Waals surface area contributed by atoms with Crippen molar-refractivity contribution in [2.24, 2.45) is 5.92 Å². The van der Waals surface area contributed by atoms with E-state index in [1.165, 1.54) is 38.1 Å². The molecule has 2 aromatic carbocycles. The summed E-state index contributed by atoms with van der Waals surface area (Å²) in [5.74, 6) is -3.94. The van der Waals surface area contributed by atoms with Crippen molar-refractivity contribution in [1.29, 1.82) is 0 Å². The average Bonchev–Trinajstić information content (AvgIpc) is 4.10. The summed E-state index contributed by atoms with van der Waals surface area (Å²) in [5, 5.41) is 9.50. The van der Waals surface area contributed by atoms with Crippen LogP contribution in [0.3, 0.4) is 0 Å². The van der Waals surface area contributed by atoms with Crippen LogP contribution >= 0.6 is 11.6 Å². The van der Waals surface area contributed by atoms with E-state index in [-0.39, 0.29) is 61.8 Å². The van der Waals surface area contributed by atoms with Crippen LogP contribution in [0.2, 0.25) is 5.02 Å². The van der Waals surface area contributed by atoms with Gasteiger partial charge in [-0.15, -0.1) is 0 Å². The van der Waals surface area contributed by atoms with E-state index in [2.05, 4.69) is 37.1 Å². The lowest BCUT2D eigenvalue weighted by Gasteiger charge is -2.23. The highest BCUT2D eigenvalue weighted by atomic mass is 35.5. The number of rotatable bonds is 14. The second-order valence-corrected chi connectivity index (χ2v) is 21.5. The Hall–Kier alpha value is -5.27. The molecule has 0 bridgehead atoms. The highest BCUT2D eigenvalue weighted by molar-refractivity contribution is 7.93. The lowest BCUT2D eigenvalue weighted by molar-refractivity contribution is -0.123. The van der Waals surface area contributed by atoms with Gasteiger partial charge in [0.15, 0.2) is 15.7 Å². The third kappa shape index (κ3) is 8.53. The topological polar surface area (TPSA) is 158 Å². The third-order valence-electron chi connectivity index (χ3n) is 11.5. The van der Waals surface area contributed by atoms with Crippen LogP contribution in [0.5, 0.6) is 0 Å². The lowest BCUT2D eigenvalue weighted by Crippen LogP contribution is -2.35. The normalized spacial score (nSPS) is 18.5. The minimum absolute atomic E-state index is 0.00429. The number of carbonyl (C=O) groups excluding carboxylic acids is 1. The molecule has 2 fully saturated rings. The number of aromatic nitrogens is 5. The number of halogens is 9. The summed E-state index contributed by atoms with van der Waals surface area (Å²) in [4.78, 5) is 18.7. The molecular weight excluding hydrogens is 922 g/mol. The summed E-state index contributed by atoms with van der Waals surface area (Å²) in [6.07, 6.45) is -5.19. The monoisotopic (exact) mass is 957 g/mol. The van der Waals surface area contributed by atoms with Crippen LogP contribution in [0.4, 0.5) is 40.9 Å². The van der Waals surface area contributed by atoms with Crippen molar-refractivity contribution in [3.8, 4) is 23.0 Å². The second-order valence-electron chi connectivity index (χ2n) is 16.5. The molecule has 3 aromatic heterocycles. The molecule has 2 saturated carbocycles. The van der Waals surface area contributed by atoms with Crippen molar-refractivity contribution in [3.05, 3.63) is 93.0 Å². The van der Waals surface area contributed by atoms with Gasteiger partial charge in [0.1, 0.15) is 46.6 Å². The zero-order chi connectivity index (χ0) is 46.4. The molecule has 0 radical (unpaired) electrons. The number of hydrogen-bond donors (Lipinski definition) is 2. The summed E-state index contributed by atoms with van der Waals surface area (Å²) in [7, 11) is -7.83. The Labute approximate surface area is 365 Å². The molecule has 2 unspecified atom stereocenters. The van der Waals surface area contributed by atoms with E-state index in [1.807, 2.05) is 0 Å². The maximum absolute atomic E-state index is 15.5. The fourth-order valence-electron chi connectivity index (χ4n) is 7.91. The number of nitrogens with zero attached hydrogens (tertiary/aromatic N) is 5. The van der Waals surface area contributed by atoms with E-state index >= 15 is 8.78 Å². The van der Waals surface area contributed by atoms with E-state index < -0.39 is 115 Å². The van der Waals surface area contributed by atoms with Gasteiger partial charge >= 0.3 is 0 Å². The number of fused-ring (bicyclic) bond motifs is 4. The van der Waals surface area contributed by atoms with E-state index in [0.29, 0.717) is 23.6 Å². The van der Waals surface area contributed by atoms with Crippen LogP contribution in [0.25, 0.3) is 22.0 Å². The van der Waals surface area contributed by atoms with Crippen molar-refractivity contribution in [3.63, 3.8) is 0 Å². The number of hydrogen-bond acceptors (Lipinski definition) is 8. The SMILES string of the molecule is CC(C)(C#Cc1ccc(-c2ccc(Cl)c3c(NS(=O)(=O)C4CC4)nn(CC(F)F)c23)c(C(Cc2cc(F)cc(F)c2)NC(=O)Cn2nc(C(F)F)c3c2C(F)(F)C2C[C@H]32)n1)S(C)(=O)=O. The number of anilines is 1. The first-order valence-corrected chi connectivity index (χ1v) is 23.4. The molecule has 5 aromatic rings. The summed E-state index contributed by atoms with van der Waals surface area (Å²) < 4.78 is 170. The molecular formula is C41H36ClF8N7O5S2. The van der Waals surface area contributed by atoms with Crippen molar-refractivity contribution >= 4 is 54.1 Å². The van der Waals surface area contributed by atoms with Crippen LogP contribution in [-0.4, -0.2) is 70.0 Å². The molecule has 12 nitrogen and oxygen atoms in total. The van der Waals surface area contributed by atoms with Gasteiger partial charge in [0.05, 0.1) is 32.9 Å². The molecule has 0 saturated heterocycles. The second kappa shape index (κ2) is 16.0. The Bertz CT molecular complexity index is 3020. The van der Waals surface area contributed by atoms with Crippen LogP contribution in [0.1, 0.15) is 85.4 Å². The fraction of sp³-hybridized carbons (Fsp3) is 0.415. The van der Waals surface area contributed by atoms with Gasteiger partial charge in [0, 0.05) is 34.9 Å². The molecule has 23 heteroatoms. The minimum atomic E-state index is -4.04. The molecule has 64 heavy (non-hydrogen) atoms. The molecule has 340 valence electrons. The van der Waals surface area contributed by atoms with Gasteiger partial charge < -0.3 is 5.32 Å². The Morgan fingerprint density at radius 2 is 1.64 bits per heavy atom. The van der Waals surface area contributed by atoms with E-state index in [9.17, 15) is 48.0 Å². The van der Waals surface area contributed by atoms with Crippen molar-refractivity contribution in [2.45, 2.75) is 93.4 Å². The largest absolute Gasteiger partial charge is 0.346 e. The third-order valence-corrected chi connectivity index (χ3v) is 15.6. The Morgan fingerprint density at radius 3 is 2.27 bits per heavy atom. The highest BCUT2D eigenvalue weighted by Gasteiger charge is 2.67. The number of sulfonamides is 1. The maximum Gasteiger partial charge on any atom is 0.293 e. The van der Waals surface area contributed by atoms with Crippen molar-refractivity contribution < 1.29 is 56.8 Å². The van der Waals surface area contributed by atoms with Crippen LogP contribution in [0.15, 0.2) is 42.5 Å². The zero-order valence-electron chi connectivity index (χ0n) is 33.7. The van der Waals surface area contributed by atoms with Gasteiger partial charge in [-0.1, -0.05) is 23.6 Å². The standard InChI is InChI=1S/C41H36ClF8N7O5S2/c1-40(2,63(3,59)60)11-10-22-4-7-24(25-8-9-28(42)33-36(25)56(17-30(45)46)54-39(33)55-64(61,62)23-5-6-23)34(51-22)29(14-19-12-20(43)15-21(44)13-19)52-31(58)18-57-37-32(35(53-57)38(47)48)26-16-27(26)41(37,49)50/h4,7-9,12-13,15,23,26-27,29-30,38H,5-6,14,16-18H2,1-3H3,(H,52,58)(H,54,55)/t26-,27?,29?/m0/s1. The van der Waals surface area contributed by atoms with Gasteiger partial charge in [-0.25, -0.2) is 48.2 Å². The van der Waals surface area contributed by atoms with Crippen molar-refractivity contribution in [2.75, 3.05) is 11.0 Å². The van der Waals surface area contributed by atoms with Gasteiger partial charge in [0.2, 0.25) is 15.9 Å². The Balaban J connectivity index is 1.31. The fourth-order valence-corrected chi connectivity index (χ4v) is 9.72. The van der Waals surface area contributed by atoms with E-state index in [0.717, 1.165) is 23.1 Å². The minimum Gasteiger partial charge on any atom is -0.346 e. The van der Waals surface area contributed by atoms with Crippen LogP contribution in [-0.2, 0) is 50.1 Å². The Morgan fingerprint density at radius 1 is 0.969 bits per heavy atom. The molecule has 3 heterocycles. The highest BCUT2D eigenvalue weighted by Crippen LogP contribution is 2.68. The molecule has 0 spiro atoms. The molecule has 0 aliphatic heterocycles. The van der Waals surface area contributed by atoms with Crippen molar-refractivity contribution in [1.82, 2.24) is 29.9 Å². The molecule has 3 aliphatic carbocycles. The molecule has 3 aliphatic rings. The number of nitrogens with one attached hydrogen (secondary N) is 2. The number of benzene rings is 2. The molecule has 8 rings (SSSR count). The van der Waals surface area contributed by atoms with Gasteiger partial charge in [-0.3, -0.25) is 18.9 Å². The number of sulfone groups is 1. The number of carbonyl (C=O) groups is 1. The van der Waals surface area contributed by atoms with Gasteiger partial charge in [-0.2, -0.15) is 19.0 Å². The maximum atomic E-state index is 15.5. The lowest BCUT2D eigenvalue weighted by atomic mass is 9.93. The molecule has 3 atom stereocenters. The average molecular weight is 958 g/mol. The summed E-state index contributed by atoms with van der Waals surface area (Å²) >= 11 is 6.62. The first-order valence-electron chi connectivity index (χ1n) is 19.6. The predicted octanol–water partition coefficient (Wildman–Crippen LogP) is 7.82. The molecule has 2 N–H and O–H groups in total. The Kier molecular flexibility index (Phi) is 11.3. The smallest absolute Gasteiger partial charge is 0.293 e. The zero-order valence-corrected chi connectivity index (χ0v) is 36.1. The summed E-state index contributed by atoms with van der Waals surface area (Å²) in [6.45, 7) is 0.542. The van der Waals surface area contributed by atoms with Crippen LogP contribution < -0.4 is 10.0 Å². The number of amides is 1. The van der Waals surface area contributed by atoms with Gasteiger partial charge in [0.25, 0.3) is 18.8 Å². The van der Waals surface area contributed by atoms with E-state index in [1.54, 1.807) is 0 Å². The number of alkyl halides is 6. The molecule has 1 amide bonds. The first kappa shape index (κ1) is 45.3. The summed E-state index contributed by atoms with van der Waals surface area (Å²) in [6, 6.07) is 6.26. The van der Waals surface area contributed by atoms with Gasteiger partial charge in [-0.05, 0) is 87.3 Å². The predicted molar refractivity (Wildman–Crippen MR) is 218 cm³/mol. The summed E-state index contributed by atoms with van der Waals surface area (Å²) in [5.41, 5.74) is -2.62.